The zero-order valence-electron chi connectivity index (χ0n) is 17.8. The first-order valence-electron chi connectivity index (χ1n) is 10.8. The summed E-state index contributed by atoms with van der Waals surface area (Å²) in [5, 5.41) is 11.5. The second-order valence-electron chi connectivity index (χ2n) is 8.45. The number of urea groups is 1. The van der Waals surface area contributed by atoms with Gasteiger partial charge in [0.2, 0.25) is 5.91 Å². The minimum Gasteiger partial charge on any atom is -0.338 e. The number of nitrogens with one attached hydrogen (secondary N) is 2. The fourth-order valence-electron chi connectivity index (χ4n) is 4.91. The second-order valence-corrected chi connectivity index (χ2v) is 8.45. The summed E-state index contributed by atoms with van der Waals surface area (Å²) < 4.78 is 2.08. The van der Waals surface area contributed by atoms with Gasteiger partial charge in [0.15, 0.2) is 0 Å². The van der Waals surface area contributed by atoms with Gasteiger partial charge in [0.1, 0.15) is 0 Å². The van der Waals surface area contributed by atoms with Crippen molar-refractivity contribution in [2.75, 3.05) is 25.0 Å². The molecule has 0 aliphatic carbocycles. The Kier molecular flexibility index (Phi) is 4.64. The number of anilines is 1. The Labute approximate surface area is 180 Å². The van der Waals surface area contributed by atoms with Crippen molar-refractivity contribution in [3.63, 3.8) is 0 Å². The lowest BCUT2D eigenvalue weighted by Gasteiger charge is -2.23. The van der Waals surface area contributed by atoms with Crippen LogP contribution in [0.5, 0.6) is 0 Å². The zero-order valence-corrected chi connectivity index (χ0v) is 17.8. The topological polar surface area (TPSA) is 92.2 Å². The van der Waals surface area contributed by atoms with E-state index in [9.17, 15) is 9.59 Å². The monoisotopic (exact) mass is 418 g/mol. The molecule has 8 heteroatoms. The molecule has 2 aliphatic heterocycles. The van der Waals surface area contributed by atoms with Crippen LogP contribution in [0, 0.1) is 0 Å². The SMILES string of the molecule is CCNC(=O)N1CCC2(CCn3nc(-c4cnc5cccc(NC(C)=O)c5c4)cc32)C1. The Morgan fingerprint density at radius 1 is 1.19 bits per heavy atom. The van der Waals surface area contributed by atoms with Crippen LogP contribution in [0.1, 0.15) is 32.4 Å². The van der Waals surface area contributed by atoms with E-state index in [0.29, 0.717) is 6.54 Å². The number of rotatable bonds is 3. The van der Waals surface area contributed by atoms with Crippen LogP contribution in [-0.2, 0) is 16.8 Å². The van der Waals surface area contributed by atoms with Crippen molar-refractivity contribution >= 4 is 28.5 Å². The molecule has 0 bridgehead atoms. The molecular formula is C23H26N6O2. The largest absolute Gasteiger partial charge is 0.338 e. The predicted molar refractivity (Wildman–Crippen MR) is 119 cm³/mol. The zero-order chi connectivity index (χ0) is 21.6. The fourth-order valence-corrected chi connectivity index (χ4v) is 4.91. The standard InChI is InChI=1S/C23H26N6O2/c1-3-24-22(31)28-9-7-23(14-28)8-10-29-21(23)12-20(27-29)16-11-17-18(25-13-16)5-4-6-19(17)26-15(2)30/h4-6,11-13H,3,7-10,14H2,1-2H3,(H,24,31)(H,26,30). The van der Waals surface area contributed by atoms with E-state index < -0.39 is 0 Å². The molecule has 0 saturated carbocycles. The number of nitrogens with zero attached hydrogens (tertiary/aromatic N) is 4. The average Bonchev–Trinajstić information content (AvgIpc) is 3.45. The summed E-state index contributed by atoms with van der Waals surface area (Å²) in [7, 11) is 0. The summed E-state index contributed by atoms with van der Waals surface area (Å²) in [5.41, 5.74) is 4.53. The van der Waals surface area contributed by atoms with Crippen molar-refractivity contribution in [3.8, 4) is 11.3 Å². The van der Waals surface area contributed by atoms with Crippen molar-refractivity contribution < 1.29 is 9.59 Å². The van der Waals surface area contributed by atoms with Crippen molar-refractivity contribution in [1.29, 1.82) is 0 Å². The molecule has 1 unspecified atom stereocenters. The molecule has 3 amide bonds. The van der Waals surface area contributed by atoms with Crippen LogP contribution in [0.15, 0.2) is 36.5 Å². The van der Waals surface area contributed by atoms with Crippen LogP contribution in [0.4, 0.5) is 10.5 Å². The average molecular weight is 419 g/mol. The van der Waals surface area contributed by atoms with Gasteiger partial charge in [-0.3, -0.25) is 14.5 Å². The number of aryl methyl sites for hydroxylation is 1. The highest BCUT2D eigenvalue weighted by Crippen LogP contribution is 2.44. The molecule has 3 aromatic rings. The third-order valence-corrected chi connectivity index (χ3v) is 6.43. The third-order valence-electron chi connectivity index (χ3n) is 6.43. The van der Waals surface area contributed by atoms with E-state index in [1.54, 1.807) is 0 Å². The van der Waals surface area contributed by atoms with Gasteiger partial charge in [-0.25, -0.2) is 4.79 Å². The van der Waals surface area contributed by atoms with E-state index in [4.69, 9.17) is 5.10 Å². The van der Waals surface area contributed by atoms with Crippen LogP contribution in [0.25, 0.3) is 22.2 Å². The molecular weight excluding hydrogens is 392 g/mol. The molecule has 1 saturated heterocycles. The molecule has 2 aliphatic rings. The van der Waals surface area contributed by atoms with Crippen molar-refractivity contribution in [2.45, 2.75) is 38.6 Å². The number of benzene rings is 1. The lowest BCUT2D eigenvalue weighted by Crippen LogP contribution is -2.40. The summed E-state index contributed by atoms with van der Waals surface area (Å²) in [5.74, 6) is -0.112. The summed E-state index contributed by atoms with van der Waals surface area (Å²) in [4.78, 5) is 30.4. The maximum atomic E-state index is 12.3. The van der Waals surface area contributed by atoms with E-state index in [0.717, 1.165) is 60.3 Å². The molecule has 160 valence electrons. The summed E-state index contributed by atoms with van der Waals surface area (Å²) in [6.07, 6.45) is 3.80. The quantitative estimate of drug-likeness (QED) is 0.684. The van der Waals surface area contributed by atoms with Gasteiger partial charge in [0.25, 0.3) is 0 Å². The Morgan fingerprint density at radius 2 is 2.03 bits per heavy atom. The van der Waals surface area contributed by atoms with Crippen LogP contribution < -0.4 is 10.6 Å². The van der Waals surface area contributed by atoms with Gasteiger partial charge in [0, 0.05) is 61.4 Å². The summed E-state index contributed by atoms with van der Waals surface area (Å²) in [6.45, 7) is 6.43. The number of hydrogen-bond donors (Lipinski definition) is 2. The third kappa shape index (κ3) is 3.32. The van der Waals surface area contributed by atoms with Gasteiger partial charge in [-0.2, -0.15) is 5.10 Å². The van der Waals surface area contributed by atoms with Gasteiger partial charge >= 0.3 is 6.03 Å². The molecule has 1 fully saturated rings. The van der Waals surface area contributed by atoms with Crippen LogP contribution in [0.2, 0.25) is 0 Å². The van der Waals surface area contributed by atoms with E-state index in [1.165, 1.54) is 12.6 Å². The number of pyridine rings is 1. The van der Waals surface area contributed by atoms with Crippen molar-refractivity contribution in [2.24, 2.45) is 0 Å². The number of likely N-dealkylation sites (tertiary alicyclic amines) is 1. The van der Waals surface area contributed by atoms with Gasteiger partial charge in [-0.1, -0.05) is 6.07 Å². The fraction of sp³-hybridized carbons (Fsp3) is 0.391. The Morgan fingerprint density at radius 3 is 2.84 bits per heavy atom. The van der Waals surface area contributed by atoms with Crippen LogP contribution in [0.3, 0.4) is 0 Å². The van der Waals surface area contributed by atoms with Gasteiger partial charge < -0.3 is 15.5 Å². The molecule has 8 nitrogen and oxygen atoms in total. The maximum Gasteiger partial charge on any atom is 0.317 e. The highest BCUT2D eigenvalue weighted by atomic mass is 16.2. The minimum absolute atomic E-state index is 0.0155. The molecule has 2 N–H and O–H groups in total. The van der Waals surface area contributed by atoms with E-state index in [2.05, 4.69) is 26.4 Å². The Bertz CT molecular complexity index is 1190. The minimum atomic E-state index is -0.112. The first-order chi connectivity index (χ1) is 15.0. The summed E-state index contributed by atoms with van der Waals surface area (Å²) in [6, 6.07) is 9.90. The van der Waals surface area contributed by atoms with Gasteiger partial charge in [0.05, 0.1) is 16.9 Å². The highest BCUT2D eigenvalue weighted by molar-refractivity contribution is 6.01. The van der Waals surface area contributed by atoms with E-state index >= 15 is 0 Å². The number of hydrogen-bond acceptors (Lipinski definition) is 4. The van der Waals surface area contributed by atoms with Crippen LogP contribution >= 0.6 is 0 Å². The van der Waals surface area contributed by atoms with Gasteiger partial charge in [-0.15, -0.1) is 0 Å². The predicted octanol–water partition coefficient (Wildman–Crippen LogP) is 3.13. The molecule has 31 heavy (non-hydrogen) atoms. The number of amides is 3. The van der Waals surface area contributed by atoms with E-state index in [1.807, 2.05) is 42.3 Å². The first kappa shape index (κ1) is 19.5. The smallest absolute Gasteiger partial charge is 0.317 e. The Hall–Kier alpha value is -3.42. The molecule has 1 aromatic carbocycles. The van der Waals surface area contributed by atoms with Crippen molar-refractivity contribution in [1.82, 2.24) is 25.0 Å². The van der Waals surface area contributed by atoms with E-state index in [-0.39, 0.29) is 17.4 Å². The molecule has 2 aromatic heterocycles. The van der Waals surface area contributed by atoms with Crippen molar-refractivity contribution in [3.05, 3.63) is 42.2 Å². The molecule has 1 spiro atoms. The number of carbonyl (C=O) groups is 2. The molecule has 5 rings (SSSR count). The normalized spacial score (nSPS) is 19.7. The van der Waals surface area contributed by atoms with Gasteiger partial charge in [-0.05, 0) is 44.0 Å². The second kappa shape index (κ2) is 7.37. The molecule has 1 atom stereocenters. The molecule has 4 heterocycles. The Balaban J connectivity index is 1.48. The number of aromatic nitrogens is 3. The lowest BCUT2D eigenvalue weighted by atomic mass is 9.82. The number of carbonyl (C=O) groups excluding carboxylic acids is 2. The summed E-state index contributed by atoms with van der Waals surface area (Å²) >= 11 is 0. The highest BCUT2D eigenvalue weighted by Gasteiger charge is 2.46. The number of fused-ring (bicyclic) bond motifs is 3. The maximum absolute atomic E-state index is 12.3. The van der Waals surface area contributed by atoms with Crippen LogP contribution in [-0.4, -0.2) is 51.2 Å². The first-order valence-corrected chi connectivity index (χ1v) is 10.8. The lowest BCUT2D eigenvalue weighted by molar-refractivity contribution is -0.114. The molecule has 0 radical (unpaired) electrons.